The minimum Gasteiger partial charge on any atom is -0.474 e. The van der Waals surface area contributed by atoms with E-state index in [4.69, 9.17) is 4.74 Å². The predicted octanol–water partition coefficient (Wildman–Crippen LogP) is 2.86. The van der Waals surface area contributed by atoms with Gasteiger partial charge in [0, 0.05) is 23.9 Å². The monoisotopic (exact) mass is 432 g/mol. The molecule has 0 aromatic carbocycles. The average Bonchev–Trinajstić information content (AvgIpc) is 3.27. The highest BCUT2D eigenvalue weighted by atomic mass is 32.1. The Morgan fingerprint density at radius 1 is 1.30 bits per heavy atom. The summed E-state index contributed by atoms with van der Waals surface area (Å²) in [6.07, 6.45) is 7.94. The molecular weight excluding hydrogens is 400 g/mol. The fourth-order valence-electron chi connectivity index (χ4n) is 4.73. The molecule has 2 heterocycles. The summed E-state index contributed by atoms with van der Waals surface area (Å²) in [5, 5.41) is 13.3. The van der Waals surface area contributed by atoms with E-state index in [0.29, 0.717) is 18.3 Å². The molecule has 0 bridgehead atoms. The first kappa shape index (κ1) is 21.5. The molecule has 2 aliphatic rings. The van der Waals surface area contributed by atoms with Crippen LogP contribution in [0.1, 0.15) is 61.8 Å². The van der Waals surface area contributed by atoms with Gasteiger partial charge in [-0.3, -0.25) is 4.79 Å². The van der Waals surface area contributed by atoms with Gasteiger partial charge in [-0.2, -0.15) is 0 Å². The van der Waals surface area contributed by atoms with Crippen molar-refractivity contribution in [1.82, 2.24) is 20.2 Å². The van der Waals surface area contributed by atoms with Crippen LogP contribution in [-0.2, 0) is 11.2 Å². The van der Waals surface area contributed by atoms with Crippen LogP contribution in [-0.4, -0.2) is 64.8 Å². The molecule has 2 aromatic rings. The molecule has 2 aliphatic carbocycles. The van der Waals surface area contributed by atoms with Crippen LogP contribution in [0.5, 0.6) is 5.88 Å². The largest absolute Gasteiger partial charge is 0.474 e. The standard InChI is InChI=1S/C22H32N4O3S/c1-13(27)11-23-18(28)10-14-4-9-17-19(14)20-21(24-12-25-22(20)30-17)29-16-7-5-15(6-8-16)26(2)3/h12-16,27H,4-11H2,1-3H3,(H,23,28)/t13-,14-,15?,16?/m1/s1. The summed E-state index contributed by atoms with van der Waals surface area (Å²) >= 11 is 1.71. The summed E-state index contributed by atoms with van der Waals surface area (Å²) in [5.41, 5.74) is 1.21. The molecule has 8 heteroatoms. The van der Waals surface area contributed by atoms with E-state index in [2.05, 4.69) is 34.3 Å². The molecular formula is C22H32N4O3S. The van der Waals surface area contributed by atoms with Crippen molar-refractivity contribution in [2.24, 2.45) is 0 Å². The number of thiophene rings is 1. The van der Waals surface area contributed by atoms with Crippen molar-refractivity contribution in [3.05, 3.63) is 16.8 Å². The van der Waals surface area contributed by atoms with Crippen molar-refractivity contribution < 1.29 is 14.6 Å². The van der Waals surface area contributed by atoms with Crippen molar-refractivity contribution in [2.45, 2.75) is 76.0 Å². The molecule has 1 fully saturated rings. The summed E-state index contributed by atoms with van der Waals surface area (Å²) in [7, 11) is 4.29. The summed E-state index contributed by atoms with van der Waals surface area (Å²) in [6.45, 7) is 1.96. The van der Waals surface area contributed by atoms with Gasteiger partial charge in [0.1, 0.15) is 17.3 Å². The number of aryl methyl sites for hydroxylation is 1. The molecule has 0 spiro atoms. The number of nitrogens with one attached hydrogen (secondary N) is 1. The fraction of sp³-hybridized carbons (Fsp3) is 0.682. The second kappa shape index (κ2) is 9.16. The third-order valence-electron chi connectivity index (χ3n) is 6.37. The van der Waals surface area contributed by atoms with Crippen molar-refractivity contribution in [3.63, 3.8) is 0 Å². The zero-order valence-electron chi connectivity index (χ0n) is 18.1. The Labute approximate surface area is 181 Å². The molecule has 0 unspecified atom stereocenters. The number of amides is 1. The molecule has 164 valence electrons. The Bertz CT molecular complexity index is 890. The van der Waals surface area contributed by atoms with E-state index < -0.39 is 6.10 Å². The Balaban J connectivity index is 1.51. The maximum Gasteiger partial charge on any atom is 0.225 e. The number of ether oxygens (including phenoxy) is 1. The molecule has 2 atom stereocenters. The number of carbonyl (C=O) groups is 1. The maximum absolute atomic E-state index is 12.4. The van der Waals surface area contributed by atoms with Gasteiger partial charge in [0.25, 0.3) is 0 Å². The van der Waals surface area contributed by atoms with Crippen LogP contribution in [0.3, 0.4) is 0 Å². The van der Waals surface area contributed by atoms with Gasteiger partial charge in [-0.15, -0.1) is 11.3 Å². The average molecular weight is 433 g/mol. The molecule has 7 nitrogen and oxygen atoms in total. The van der Waals surface area contributed by atoms with Gasteiger partial charge in [-0.25, -0.2) is 9.97 Å². The van der Waals surface area contributed by atoms with Gasteiger partial charge in [0.05, 0.1) is 11.5 Å². The normalized spacial score (nSPS) is 24.8. The van der Waals surface area contributed by atoms with E-state index in [9.17, 15) is 9.90 Å². The first-order valence-corrected chi connectivity index (χ1v) is 11.8. The Hall–Kier alpha value is -1.77. The Kier molecular flexibility index (Phi) is 6.55. The fourth-order valence-corrected chi connectivity index (χ4v) is 5.96. The van der Waals surface area contributed by atoms with E-state index in [1.165, 1.54) is 10.4 Å². The summed E-state index contributed by atoms with van der Waals surface area (Å²) in [5.74, 6) is 0.817. The molecule has 0 saturated heterocycles. The Morgan fingerprint density at radius 2 is 2.07 bits per heavy atom. The number of rotatable bonds is 7. The SMILES string of the molecule is C[C@@H](O)CNC(=O)C[C@H]1CCc2sc3ncnc(OC4CCC(N(C)C)CC4)c3c21. The maximum atomic E-state index is 12.4. The van der Waals surface area contributed by atoms with E-state index in [1.807, 2.05) is 0 Å². The van der Waals surface area contributed by atoms with Crippen molar-refractivity contribution in [2.75, 3.05) is 20.6 Å². The predicted molar refractivity (Wildman–Crippen MR) is 118 cm³/mol. The number of aliphatic hydroxyl groups excluding tert-OH is 1. The minimum absolute atomic E-state index is 0.0191. The third-order valence-corrected chi connectivity index (χ3v) is 7.55. The van der Waals surface area contributed by atoms with Gasteiger partial charge in [-0.05, 0) is 71.0 Å². The van der Waals surface area contributed by atoms with Crippen molar-refractivity contribution >= 4 is 27.5 Å². The summed E-state index contributed by atoms with van der Waals surface area (Å²) in [4.78, 5) is 25.9. The molecule has 0 aliphatic heterocycles. The zero-order valence-corrected chi connectivity index (χ0v) is 18.9. The smallest absolute Gasteiger partial charge is 0.225 e. The number of carbonyl (C=O) groups excluding carboxylic acids is 1. The van der Waals surface area contributed by atoms with Gasteiger partial charge >= 0.3 is 0 Å². The van der Waals surface area contributed by atoms with E-state index in [0.717, 1.165) is 48.7 Å². The number of fused-ring (bicyclic) bond motifs is 3. The second-order valence-corrected chi connectivity index (χ2v) is 9.99. The molecule has 0 radical (unpaired) electrons. The molecule has 2 N–H and O–H groups in total. The van der Waals surface area contributed by atoms with E-state index >= 15 is 0 Å². The number of hydrogen-bond acceptors (Lipinski definition) is 7. The third kappa shape index (κ3) is 4.60. The van der Waals surface area contributed by atoms with Crippen LogP contribution in [0, 0.1) is 0 Å². The van der Waals surface area contributed by atoms with Crippen molar-refractivity contribution in [1.29, 1.82) is 0 Å². The number of aliphatic hydroxyl groups is 1. The van der Waals surface area contributed by atoms with Crippen LogP contribution >= 0.6 is 11.3 Å². The molecule has 2 aromatic heterocycles. The zero-order chi connectivity index (χ0) is 21.3. The van der Waals surface area contributed by atoms with Crippen LogP contribution in [0.15, 0.2) is 6.33 Å². The van der Waals surface area contributed by atoms with Crippen LogP contribution in [0.4, 0.5) is 0 Å². The highest BCUT2D eigenvalue weighted by Gasteiger charge is 2.32. The van der Waals surface area contributed by atoms with Crippen LogP contribution in [0.25, 0.3) is 10.2 Å². The van der Waals surface area contributed by atoms with Gasteiger partial charge in [0.2, 0.25) is 11.8 Å². The topological polar surface area (TPSA) is 87.6 Å². The Morgan fingerprint density at radius 3 is 2.77 bits per heavy atom. The second-order valence-electron chi connectivity index (χ2n) is 8.90. The van der Waals surface area contributed by atoms with E-state index in [1.54, 1.807) is 24.6 Å². The van der Waals surface area contributed by atoms with Crippen LogP contribution < -0.4 is 10.1 Å². The number of hydrogen-bond donors (Lipinski definition) is 2. The number of nitrogens with zero attached hydrogens (tertiary/aromatic N) is 3. The number of aromatic nitrogens is 2. The lowest BCUT2D eigenvalue weighted by atomic mass is 9.92. The van der Waals surface area contributed by atoms with Gasteiger partial charge < -0.3 is 20.1 Å². The highest BCUT2D eigenvalue weighted by molar-refractivity contribution is 7.19. The molecule has 30 heavy (non-hydrogen) atoms. The lowest BCUT2D eigenvalue weighted by Gasteiger charge is -2.32. The van der Waals surface area contributed by atoms with Crippen LogP contribution in [0.2, 0.25) is 0 Å². The summed E-state index contributed by atoms with van der Waals surface area (Å²) < 4.78 is 6.42. The molecule has 4 rings (SSSR count). The molecule has 1 saturated carbocycles. The lowest BCUT2D eigenvalue weighted by molar-refractivity contribution is -0.121. The van der Waals surface area contributed by atoms with Gasteiger partial charge in [0.15, 0.2) is 0 Å². The van der Waals surface area contributed by atoms with E-state index in [-0.39, 0.29) is 24.5 Å². The first-order chi connectivity index (χ1) is 14.4. The first-order valence-electron chi connectivity index (χ1n) is 11.0. The van der Waals surface area contributed by atoms with Crippen molar-refractivity contribution in [3.8, 4) is 5.88 Å². The minimum atomic E-state index is -0.536. The summed E-state index contributed by atoms with van der Waals surface area (Å²) in [6, 6.07) is 0.630. The lowest BCUT2D eigenvalue weighted by Crippen LogP contribution is -2.35. The van der Waals surface area contributed by atoms with Gasteiger partial charge in [-0.1, -0.05) is 0 Å². The quantitative estimate of drug-likeness (QED) is 0.700. The highest BCUT2D eigenvalue weighted by Crippen LogP contribution is 2.47. The molecule has 1 amide bonds.